The second-order valence-electron chi connectivity index (χ2n) is 3.19. The van der Waals surface area contributed by atoms with Crippen molar-refractivity contribution >= 4 is 6.09 Å². The highest BCUT2D eigenvalue weighted by atomic mass is 16.4. The minimum Gasteiger partial charge on any atom is -0.465 e. The number of rotatable bonds is 5. The van der Waals surface area contributed by atoms with Crippen molar-refractivity contribution in [3.05, 3.63) is 10.4 Å². The molecule has 0 heterocycles. The number of nitrogens with zero attached hydrogens (tertiary/aromatic N) is 3. The van der Waals surface area contributed by atoms with Crippen molar-refractivity contribution in [3.63, 3.8) is 0 Å². The van der Waals surface area contributed by atoms with Gasteiger partial charge in [0.15, 0.2) is 0 Å². The Bertz CT molecular complexity index is 207. The van der Waals surface area contributed by atoms with Crippen molar-refractivity contribution < 1.29 is 9.90 Å². The van der Waals surface area contributed by atoms with Crippen LogP contribution in [-0.4, -0.2) is 23.8 Å². The van der Waals surface area contributed by atoms with Crippen LogP contribution >= 0.6 is 0 Å². The molecule has 0 aliphatic rings. The molecule has 0 unspecified atom stereocenters. The third-order valence-corrected chi connectivity index (χ3v) is 1.45. The number of amides is 1. The lowest BCUT2D eigenvalue weighted by molar-refractivity contribution is 0.188. The van der Waals surface area contributed by atoms with Crippen molar-refractivity contribution in [2.75, 3.05) is 6.54 Å². The maximum Gasteiger partial charge on any atom is 0.404 e. The van der Waals surface area contributed by atoms with Crippen molar-refractivity contribution in [1.82, 2.24) is 5.32 Å². The van der Waals surface area contributed by atoms with E-state index in [4.69, 9.17) is 10.6 Å². The third-order valence-electron chi connectivity index (χ3n) is 1.45. The number of carbonyl (C=O) groups is 1. The Hall–Kier alpha value is -1.42. The molecule has 1 atom stereocenters. The first-order valence-corrected chi connectivity index (χ1v) is 4.06. The first-order valence-electron chi connectivity index (χ1n) is 4.06. The van der Waals surface area contributed by atoms with Crippen molar-refractivity contribution in [1.29, 1.82) is 0 Å². The molecule has 0 saturated heterocycles. The highest BCUT2D eigenvalue weighted by Crippen LogP contribution is 2.04. The van der Waals surface area contributed by atoms with E-state index >= 15 is 0 Å². The van der Waals surface area contributed by atoms with E-state index in [1.807, 2.05) is 13.8 Å². The van der Waals surface area contributed by atoms with E-state index in [9.17, 15) is 4.79 Å². The lowest BCUT2D eigenvalue weighted by atomic mass is 10.0. The van der Waals surface area contributed by atoms with Gasteiger partial charge in [-0.05, 0) is 17.9 Å². The molecular weight excluding hydrogens is 172 g/mol. The van der Waals surface area contributed by atoms with Gasteiger partial charge < -0.3 is 10.4 Å². The normalized spacial score (nSPS) is 11.9. The van der Waals surface area contributed by atoms with E-state index in [-0.39, 0.29) is 12.6 Å². The molecule has 0 fully saturated rings. The van der Waals surface area contributed by atoms with Gasteiger partial charge in [0.05, 0.1) is 0 Å². The summed E-state index contributed by atoms with van der Waals surface area (Å²) in [5, 5.41) is 14.1. The molecular formula is C7H14N4O2. The number of carboxylic acid groups (broad SMARTS) is 1. The minimum atomic E-state index is -1.08. The van der Waals surface area contributed by atoms with Gasteiger partial charge >= 0.3 is 6.09 Å². The highest BCUT2D eigenvalue weighted by molar-refractivity contribution is 5.64. The summed E-state index contributed by atoms with van der Waals surface area (Å²) >= 11 is 0. The zero-order valence-corrected chi connectivity index (χ0v) is 7.77. The van der Waals surface area contributed by atoms with Crippen LogP contribution in [0.2, 0.25) is 0 Å². The summed E-state index contributed by atoms with van der Waals surface area (Å²) in [6, 6.07) is -0.284. The third kappa shape index (κ3) is 6.96. The number of hydrogen-bond acceptors (Lipinski definition) is 2. The van der Waals surface area contributed by atoms with E-state index < -0.39 is 6.09 Å². The van der Waals surface area contributed by atoms with E-state index in [1.54, 1.807) is 0 Å². The zero-order valence-electron chi connectivity index (χ0n) is 7.77. The summed E-state index contributed by atoms with van der Waals surface area (Å²) in [7, 11) is 0. The average Bonchev–Trinajstić information content (AvgIpc) is 1.98. The molecule has 6 heteroatoms. The van der Waals surface area contributed by atoms with Gasteiger partial charge in [0.25, 0.3) is 0 Å². The molecule has 6 nitrogen and oxygen atoms in total. The fraction of sp³-hybridized carbons (Fsp3) is 0.857. The summed E-state index contributed by atoms with van der Waals surface area (Å²) in [4.78, 5) is 12.9. The molecule has 0 aliphatic heterocycles. The molecule has 0 aliphatic carbocycles. The van der Waals surface area contributed by atoms with E-state index in [2.05, 4.69) is 15.3 Å². The number of hydrogen-bond donors (Lipinski definition) is 2. The minimum absolute atomic E-state index is 0.168. The Morgan fingerprint density at radius 1 is 1.69 bits per heavy atom. The number of nitrogens with one attached hydrogen (secondary N) is 1. The summed E-state index contributed by atoms with van der Waals surface area (Å²) in [5.74, 6) is 0.366. The molecule has 0 aromatic rings. The Labute approximate surface area is 76.6 Å². The van der Waals surface area contributed by atoms with Gasteiger partial charge in [0.2, 0.25) is 0 Å². The van der Waals surface area contributed by atoms with Crippen LogP contribution in [0.1, 0.15) is 20.3 Å². The van der Waals surface area contributed by atoms with Gasteiger partial charge in [-0.1, -0.05) is 19.0 Å². The fourth-order valence-electron chi connectivity index (χ4n) is 1.06. The summed E-state index contributed by atoms with van der Waals surface area (Å²) in [5.41, 5.74) is 8.07. The van der Waals surface area contributed by atoms with Crippen molar-refractivity contribution in [3.8, 4) is 0 Å². The molecule has 74 valence electrons. The van der Waals surface area contributed by atoms with Crippen LogP contribution in [0.5, 0.6) is 0 Å². The maximum atomic E-state index is 10.3. The average molecular weight is 186 g/mol. The van der Waals surface area contributed by atoms with Gasteiger partial charge in [0, 0.05) is 17.5 Å². The SMILES string of the molecule is CC(C)C[C@@H](CN=[N+]=[N-])NC(=O)O. The summed E-state index contributed by atoms with van der Waals surface area (Å²) in [6.07, 6.45) is -0.413. The molecule has 0 bridgehead atoms. The van der Waals surface area contributed by atoms with E-state index in [1.165, 1.54) is 0 Å². The lowest BCUT2D eigenvalue weighted by Gasteiger charge is -2.16. The molecule has 0 rings (SSSR count). The zero-order chi connectivity index (χ0) is 10.3. The topological polar surface area (TPSA) is 98.1 Å². The predicted molar refractivity (Wildman–Crippen MR) is 48.4 cm³/mol. The van der Waals surface area contributed by atoms with Crippen LogP contribution in [-0.2, 0) is 0 Å². The maximum absolute atomic E-state index is 10.3. The molecule has 2 N–H and O–H groups in total. The van der Waals surface area contributed by atoms with Gasteiger partial charge in [-0.15, -0.1) is 0 Å². The second-order valence-corrected chi connectivity index (χ2v) is 3.19. The first-order chi connectivity index (χ1) is 6.06. The smallest absolute Gasteiger partial charge is 0.404 e. The number of azide groups is 1. The van der Waals surface area contributed by atoms with Gasteiger partial charge in [-0.2, -0.15) is 0 Å². The quantitative estimate of drug-likeness (QED) is 0.390. The standard InChI is InChI=1S/C7H14N4O2/c1-5(2)3-6(4-9-11-8)10-7(12)13/h5-6,10H,3-4H2,1-2H3,(H,12,13)/t6-/m0/s1. The Morgan fingerprint density at radius 2 is 2.31 bits per heavy atom. The molecule has 0 spiro atoms. The fourth-order valence-corrected chi connectivity index (χ4v) is 1.06. The molecule has 1 amide bonds. The van der Waals surface area contributed by atoms with E-state index in [0.717, 1.165) is 0 Å². The van der Waals surface area contributed by atoms with Crippen LogP contribution in [0, 0.1) is 5.92 Å². The van der Waals surface area contributed by atoms with Crippen LogP contribution in [0.3, 0.4) is 0 Å². The predicted octanol–water partition coefficient (Wildman–Crippen LogP) is 1.98. The lowest BCUT2D eigenvalue weighted by Crippen LogP contribution is -2.36. The monoisotopic (exact) mass is 186 g/mol. The van der Waals surface area contributed by atoms with Crippen molar-refractivity contribution in [2.24, 2.45) is 11.0 Å². The van der Waals surface area contributed by atoms with Gasteiger partial charge in [-0.25, -0.2) is 4.79 Å². The molecule has 13 heavy (non-hydrogen) atoms. The largest absolute Gasteiger partial charge is 0.465 e. The van der Waals surface area contributed by atoms with Crippen molar-refractivity contribution in [2.45, 2.75) is 26.3 Å². The van der Waals surface area contributed by atoms with Crippen LogP contribution in [0.25, 0.3) is 10.4 Å². The first kappa shape index (κ1) is 11.6. The van der Waals surface area contributed by atoms with Crippen LogP contribution in [0.4, 0.5) is 4.79 Å². The Morgan fingerprint density at radius 3 is 2.69 bits per heavy atom. The Balaban J connectivity index is 4.01. The summed E-state index contributed by atoms with van der Waals surface area (Å²) < 4.78 is 0. The highest BCUT2D eigenvalue weighted by Gasteiger charge is 2.11. The van der Waals surface area contributed by atoms with Crippen LogP contribution in [0.15, 0.2) is 5.11 Å². The molecule has 0 radical (unpaired) electrons. The summed E-state index contributed by atoms with van der Waals surface area (Å²) in [6.45, 7) is 4.13. The Kier molecular flexibility index (Phi) is 5.47. The molecule has 0 aromatic heterocycles. The van der Waals surface area contributed by atoms with E-state index in [0.29, 0.717) is 12.3 Å². The molecule has 0 saturated carbocycles. The van der Waals surface area contributed by atoms with Gasteiger partial charge in [0.1, 0.15) is 0 Å². The van der Waals surface area contributed by atoms with Gasteiger partial charge in [-0.3, -0.25) is 0 Å². The van der Waals surface area contributed by atoms with Crippen LogP contribution < -0.4 is 5.32 Å². The molecule has 0 aromatic carbocycles. The second kappa shape index (κ2) is 6.14.